The number of nitrogens with two attached hydrogens (primary N) is 4. The summed E-state index contributed by atoms with van der Waals surface area (Å²) >= 11 is 0. The van der Waals surface area contributed by atoms with Gasteiger partial charge in [-0.05, 0) is 61.1 Å². The Bertz CT molecular complexity index is 843. The van der Waals surface area contributed by atoms with Gasteiger partial charge in [-0.2, -0.15) is 0 Å². The average Bonchev–Trinajstić information content (AvgIpc) is 2.90. The lowest BCUT2D eigenvalue weighted by Gasteiger charge is -2.08. The summed E-state index contributed by atoms with van der Waals surface area (Å²) in [6.45, 7) is 2.77. The third-order valence-corrected chi connectivity index (χ3v) is 6.31. The van der Waals surface area contributed by atoms with Crippen LogP contribution >= 0.6 is 0 Å². The van der Waals surface area contributed by atoms with E-state index >= 15 is 0 Å². The van der Waals surface area contributed by atoms with E-state index in [1.807, 2.05) is 24.3 Å². The van der Waals surface area contributed by atoms with Crippen LogP contribution in [0.25, 0.3) is 0 Å². The summed E-state index contributed by atoms with van der Waals surface area (Å²) in [4.78, 5) is 8.02. The van der Waals surface area contributed by atoms with E-state index in [0.29, 0.717) is 13.1 Å². The van der Waals surface area contributed by atoms with Gasteiger partial charge in [0, 0.05) is 13.1 Å². The maximum Gasteiger partial charge on any atom is 0.185 e. The Labute approximate surface area is 228 Å². The molecule has 0 aliphatic rings. The molecule has 0 aromatic heterocycles. The minimum Gasteiger partial charge on any atom is -0.494 e. The summed E-state index contributed by atoms with van der Waals surface area (Å²) in [5, 5.41) is 0. The molecule has 210 valence electrons. The lowest BCUT2D eigenvalue weighted by atomic mass is 10.1. The number of ether oxygens (including phenoxy) is 2. The van der Waals surface area contributed by atoms with Crippen LogP contribution in [0.5, 0.6) is 11.5 Å². The van der Waals surface area contributed by atoms with Gasteiger partial charge >= 0.3 is 0 Å². The Morgan fingerprint density at radius 3 is 1.11 bits per heavy atom. The molecule has 0 unspecified atom stereocenters. The van der Waals surface area contributed by atoms with Crippen LogP contribution in [-0.2, 0) is 12.8 Å². The lowest BCUT2D eigenvalue weighted by molar-refractivity contribution is 0.303. The molecular weight excluding hydrogens is 476 g/mol. The van der Waals surface area contributed by atoms with Crippen LogP contribution in [0.15, 0.2) is 58.5 Å². The number of hydrogen-bond donors (Lipinski definition) is 4. The molecule has 2 aromatic rings. The van der Waals surface area contributed by atoms with Crippen LogP contribution in [0.2, 0.25) is 0 Å². The summed E-state index contributed by atoms with van der Waals surface area (Å²) in [7, 11) is 0. The molecule has 0 atom stereocenters. The average molecular weight is 525 g/mol. The molecule has 8 N–H and O–H groups in total. The zero-order valence-corrected chi connectivity index (χ0v) is 23.0. The van der Waals surface area contributed by atoms with Crippen LogP contribution in [0.3, 0.4) is 0 Å². The molecule has 38 heavy (non-hydrogen) atoms. The number of nitrogens with zero attached hydrogens (tertiary/aromatic N) is 2. The van der Waals surface area contributed by atoms with Gasteiger partial charge in [-0.1, -0.05) is 75.6 Å². The third-order valence-electron chi connectivity index (χ3n) is 6.31. The molecule has 0 aliphatic heterocycles. The fraction of sp³-hybridized carbons (Fsp3) is 0.533. The molecule has 0 aliphatic carbocycles. The molecule has 0 heterocycles. The molecular formula is C30H48N6O2. The number of hydrogen-bond acceptors (Lipinski definition) is 4. The fourth-order valence-electron chi connectivity index (χ4n) is 4.13. The Hall–Kier alpha value is -3.42. The summed E-state index contributed by atoms with van der Waals surface area (Å²) in [5.74, 6) is 2.13. The van der Waals surface area contributed by atoms with E-state index in [1.54, 1.807) is 0 Å². The quantitative estimate of drug-likeness (QED) is 0.106. The van der Waals surface area contributed by atoms with Crippen molar-refractivity contribution >= 4 is 11.9 Å². The van der Waals surface area contributed by atoms with Crippen LogP contribution in [0, 0.1) is 0 Å². The first kappa shape index (κ1) is 30.8. The molecule has 8 nitrogen and oxygen atoms in total. The van der Waals surface area contributed by atoms with E-state index < -0.39 is 0 Å². The van der Waals surface area contributed by atoms with Gasteiger partial charge in [0.15, 0.2) is 11.9 Å². The van der Waals surface area contributed by atoms with Crippen LogP contribution in [0.1, 0.15) is 75.3 Å². The van der Waals surface area contributed by atoms with Crippen molar-refractivity contribution in [2.24, 2.45) is 32.9 Å². The van der Waals surface area contributed by atoms with E-state index in [-0.39, 0.29) is 11.9 Å². The minimum absolute atomic E-state index is 0.139. The first-order valence-electron chi connectivity index (χ1n) is 14.1. The maximum absolute atomic E-state index is 5.86. The van der Waals surface area contributed by atoms with Crippen LogP contribution in [0.4, 0.5) is 0 Å². The SMILES string of the molecule is NC(N)=NCCc1ccc(OCCCCCCCCCCCCOc2ccc(CCN=C(N)N)cc2)cc1. The summed E-state index contributed by atoms with van der Waals surface area (Å²) in [6, 6.07) is 16.4. The largest absolute Gasteiger partial charge is 0.494 e. The zero-order valence-electron chi connectivity index (χ0n) is 23.0. The third kappa shape index (κ3) is 15.6. The van der Waals surface area contributed by atoms with E-state index in [4.69, 9.17) is 32.4 Å². The van der Waals surface area contributed by atoms with Crippen molar-refractivity contribution in [1.82, 2.24) is 0 Å². The predicted molar refractivity (Wildman–Crippen MR) is 159 cm³/mol. The highest BCUT2D eigenvalue weighted by Gasteiger charge is 1.99. The Kier molecular flexibility index (Phi) is 15.9. The van der Waals surface area contributed by atoms with Crippen molar-refractivity contribution in [2.75, 3.05) is 26.3 Å². The molecule has 2 aromatic carbocycles. The van der Waals surface area contributed by atoms with E-state index in [1.165, 1.54) is 62.5 Å². The number of guanidine groups is 2. The topological polar surface area (TPSA) is 147 Å². The molecule has 0 spiro atoms. The highest BCUT2D eigenvalue weighted by molar-refractivity contribution is 5.75. The monoisotopic (exact) mass is 524 g/mol. The van der Waals surface area contributed by atoms with Gasteiger partial charge in [0.25, 0.3) is 0 Å². The van der Waals surface area contributed by atoms with Crippen molar-refractivity contribution in [3.8, 4) is 11.5 Å². The second-order valence-corrected chi connectivity index (χ2v) is 9.63. The zero-order chi connectivity index (χ0) is 27.3. The molecule has 0 saturated carbocycles. The lowest BCUT2D eigenvalue weighted by Crippen LogP contribution is -2.23. The number of aliphatic imine (C=N–C) groups is 2. The maximum atomic E-state index is 5.86. The van der Waals surface area contributed by atoms with Gasteiger partial charge in [0.05, 0.1) is 13.2 Å². The highest BCUT2D eigenvalue weighted by atomic mass is 16.5. The fourth-order valence-corrected chi connectivity index (χ4v) is 4.13. The molecule has 8 heteroatoms. The van der Waals surface area contributed by atoms with Crippen molar-refractivity contribution in [2.45, 2.75) is 77.0 Å². The Balaban J connectivity index is 1.36. The number of rotatable bonds is 21. The standard InChI is InChI=1S/C30H48N6O2/c31-29(32)35-21-19-25-11-15-27(16-12-25)37-23-9-7-5-3-1-2-4-6-8-10-24-38-28-17-13-26(14-18-28)20-22-36-30(33)34/h11-18H,1-10,19-24H2,(H4,31,32,35)(H4,33,34,36). The second-order valence-electron chi connectivity index (χ2n) is 9.63. The minimum atomic E-state index is 0.139. The normalized spacial score (nSPS) is 10.6. The highest BCUT2D eigenvalue weighted by Crippen LogP contribution is 2.16. The smallest absolute Gasteiger partial charge is 0.185 e. The van der Waals surface area contributed by atoms with Gasteiger partial charge in [0.1, 0.15) is 11.5 Å². The molecule has 0 fully saturated rings. The van der Waals surface area contributed by atoms with Gasteiger partial charge < -0.3 is 32.4 Å². The first-order valence-corrected chi connectivity index (χ1v) is 14.1. The molecule has 0 saturated heterocycles. The van der Waals surface area contributed by atoms with E-state index in [9.17, 15) is 0 Å². The first-order chi connectivity index (χ1) is 18.5. The van der Waals surface area contributed by atoms with Gasteiger partial charge in [-0.25, -0.2) is 0 Å². The van der Waals surface area contributed by atoms with Crippen molar-refractivity contribution in [1.29, 1.82) is 0 Å². The van der Waals surface area contributed by atoms with Crippen molar-refractivity contribution in [3.05, 3.63) is 59.7 Å². The Morgan fingerprint density at radius 2 is 0.789 bits per heavy atom. The molecule has 0 amide bonds. The number of unbranched alkanes of at least 4 members (excludes halogenated alkanes) is 9. The van der Waals surface area contributed by atoms with Crippen LogP contribution in [-0.4, -0.2) is 38.2 Å². The van der Waals surface area contributed by atoms with Crippen molar-refractivity contribution in [3.63, 3.8) is 0 Å². The Morgan fingerprint density at radius 1 is 0.474 bits per heavy atom. The van der Waals surface area contributed by atoms with E-state index in [0.717, 1.165) is 50.4 Å². The predicted octanol–water partition coefficient (Wildman–Crippen LogP) is 4.68. The van der Waals surface area contributed by atoms with Gasteiger partial charge in [0.2, 0.25) is 0 Å². The van der Waals surface area contributed by atoms with Gasteiger partial charge in [-0.15, -0.1) is 0 Å². The summed E-state index contributed by atoms with van der Waals surface area (Å²) in [6.07, 6.45) is 14.2. The number of benzene rings is 2. The molecule has 0 bridgehead atoms. The van der Waals surface area contributed by atoms with Crippen molar-refractivity contribution < 1.29 is 9.47 Å². The summed E-state index contributed by atoms with van der Waals surface area (Å²) in [5.41, 5.74) is 23.8. The molecule has 2 rings (SSSR count). The molecule has 0 radical (unpaired) electrons. The summed E-state index contributed by atoms with van der Waals surface area (Å²) < 4.78 is 11.7. The van der Waals surface area contributed by atoms with E-state index in [2.05, 4.69) is 34.3 Å². The van der Waals surface area contributed by atoms with Crippen LogP contribution < -0.4 is 32.4 Å². The second kappa shape index (κ2) is 19.7. The van der Waals surface area contributed by atoms with Gasteiger partial charge in [-0.3, -0.25) is 9.98 Å².